The van der Waals surface area contributed by atoms with Crippen LogP contribution in [0.5, 0.6) is 0 Å². The molecular weight excluding hydrogens is 280 g/mol. The van der Waals surface area contributed by atoms with Crippen LogP contribution in [0.4, 0.5) is 0 Å². The Morgan fingerprint density at radius 2 is 1.95 bits per heavy atom. The van der Waals surface area contributed by atoms with Gasteiger partial charge in [0.2, 0.25) is 10.0 Å². The molecule has 1 unspecified atom stereocenters. The molecule has 0 radical (unpaired) electrons. The molecule has 6 heteroatoms. The van der Waals surface area contributed by atoms with Gasteiger partial charge in [-0.2, -0.15) is 11.8 Å². The summed E-state index contributed by atoms with van der Waals surface area (Å²) in [4.78, 5) is 0.313. The summed E-state index contributed by atoms with van der Waals surface area (Å²) in [5.41, 5.74) is 6.52. The Kier molecular flexibility index (Phi) is 6.85. The minimum absolute atomic E-state index is 0.0243. The van der Waals surface area contributed by atoms with Crippen LogP contribution in [0, 0.1) is 0 Å². The van der Waals surface area contributed by atoms with Gasteiger partial charge in [0.05, 0.1) is 4.90 Å². The monoisotopic (exact) mass is 302 g/mol. The van der Waals surface area contributed by atoms with Crippen LogP contribution in [0.25, 0.3) is 0 Å². The van der Waals surface area contributed by atoms with Crippen LogP contribution >= 0.6 is 11.8 Å². The van der Waals surface area contributed by atoms with Gasteiger partial charge in [-0.1, -0.05) is 19.1 Å². The number of hydrogen-bond acceptors (Lipinski definition) is 4. The van der Waals surface area contributed by atoms with Crippen LogP contribution in [0.15, 0.2) is 29.2 Å². The van der Waals surface area contributed by atoms with Crippen molar-refractivity contribution >= 4 is 21.8 Å². The molecule has 0 heterocycles. The predicted molar refractivity (Wildman–Crippen MR) is 82.0 cm³/mol. The summed E-state index contributed by atoms with van der Waals surface area (Å²) in [6, 6.07) is 6.88. The van der Waals surface area contributed by atoms with Crippen molar-refractivity contribution in [2.45, 2.75) is 30.7 Å². The number of rotatable bonds is 8. The van der Waals surface area contributed by atoms with Gasteiger partial charge in [-0.05, 0) is 43.3 Å². The zero-order chi connectivity index (χ0) is 14.3. The predicted octanol–water partition coefficient (Wildman–Crippen LogP) is 1.61. The zero-order valence-electron chi connectivity index (χ0n) is 11.4. The van der Waals surface area contributed by atoms with Gasteiger partial charge in [0.1, 0.15) is 0 Å². The number of benzene rings is 1. The summed E-state index contributed by atoms with van der Waals surface area (Å²) in [6.45, 7) is 2.55. The van der Waals surface area contributed by atoms with Crippen molar-refractivity contribution in [1.29, 1.82) is 0 Å². The first-order valence-corrected chi connectivity index (χ1v) is 9.21. The molecule has 0 fully saturated rings. The third-order valence-electron chi connectivity index (χ3n) is 2.85. The molecular formula is C13H22N2O2S2. The van der Waals surface area contributed by atoms with Gasteiger partial charge < -0.3 is 5.73 Å². The summed E-state index contributed by atoms with van der Waals surface area (Å²) in [6.07, 6.45) is 3.52. The molecule has 0 aromatic heterocycles. The average Bonchev–Trinajstić information content (AvgIpc) is 2.39. The Hall–Kier alpha value is -0.560. The molecule has 0 saturated heterocycles. The Bertz CT molecular complexity index is 472. The fourth-order valence-corrected chi connectivity index (χ4v) is 3.87. The first-order chi connectivity index (χ1) is 9.03. The lowest BCUT2D eigenvalue weighted by molar-refractivity contribution is 0.558. The van der Waals surface area contributed by atoms with Crippen LogP contribution in [-0.2, 0) is 16.4 Å². The van der Waals surface area contributed by atoms with Gasteiger partial charge >= 0.3 is 0 Å². The molecule has 0 amide bonds. The quantitative estimate of drug-likeness (QED) is 0.765. The molecule has 0 spiro atoms. The van der Waals surface area contributed by atoms with E-state index in [1.807, 2.05) is 25.3 Å². The highest BCUT2D eigenvalue weighted by Crippen LogP contribution is 2.13. The molecule has 0 aliphatic carbocycles. The SMILES string of the molecule is CCC(CSC)NS(=O)(=O)c1ccc(CCN)cc1. The second-order valence-corrected chi connectivity index (χ2v) is 6.99. The van der Waals surface area contributed by atoms with Crippen molar-refractivity contribution in [3.05, 3.63) is 29.8 Å². The van der Waals surface area contributed by atoms with Crippen molar-refractivity contribution in [2.24, 2.45) is 5.73 Å². The Balaban J connectivity index is 2.81. The van der Waals surface area contributed by atoms with Crippen molar-refractivity contribution < 1.29 is 8.42 Å². The molecule has 0 aliphatic heterocycles. The maximum absolute atomic E-state index is 12.2. The summed E-state index contributed by atoms with van der Waals surface area (Å²) in [5.74, 6) is 0.779. The van der Waals surface area contributed by atoms with Crippen molar-refractivity contribution in [1.82, 2.24) is 4.72 Å². The standard InChI is InChI=1S/C13H22N2O2S2/c1-3-12(10-18-2)15-19(16,17)13-6-4-11(5-7-13)8-9-14/h4-7,12,15H,3,8-10,14H2,1-2H3. The number of nitrogens with two attached hydrogens (primary N) is 1. The van der Waals surface area contributed by atoms with E-state index in [-0.39, 0.29) is 6.04 Å². The lowest BCUT2D eigenvalue weighted by Crippen LogP contribution is -2.36. The normalized spacial score (nSPS) is 13.4. The summed E-state index contributed by atoms with van der Waals surface area (Å²) < 4.78 is 27.1. The van der Waals surface area contributed by atoms with E-state index >= 15 is 0 Å². The van der Waals surface area contributed by atoms with E-state index in [1.165, 1.54) is 0 Å². The molecule has 108 valence electrons. The smallest absolute Gasteiger partial charge is 0.240 e. The first kappa shape index (κ1) is 16.5. The van der Waals surface area contributed by atoms with E-state index in [0.717, 1.165) is 24.2 Å². The van der Waals surface area contributed by atoms with Crippen LogP contribution in [0.3, 0.4) is 0 Å². The molecule has 19 heavy (non-hydrogen) atoms. The van der Waals surface area contributed by atoms with Crippen LogP contribution in [0.2, 0.25) is 0 Å². The van der Waals surface area contributed by atoms with Gasteiger partial charge in [0, 0.05) is 11.8 Å². The van der Waals surface area contributed by atoms with Crippen LogP contribution < -0.4 is 10.5 Å². The number of nitrogens with one attached hydrogen (secondary N) is 1. The molecule has 3 N–H and O–H groups in total. The van der Waals surface area contributed by atoms with Crippen molar-refractivity contribution in [3.63, 3.8) is 0 Å². The summed E-state index contributed by atoms with van der Waals surface area (Å²) in [7, 11) is -3.42. The minimum Gasteiger partial charge on any atom is -0.330 e. The third kappa shape index (κ3) is 5.14. The number of sulfonamides is 1. The minimum atomic E-state index is -3.42. The molecule has 1 atom stereocenters. The second kappa shape index (κ2) is 7.89. The molecule has 1 aromatic carbocycles. The average molecular weight is 302 g/mol. The molecule has 0 saturated carbocycles. The zero-order valence-corrected chi connectivity index (χ0v) is 13.1. The second-order valence-electron chi connectivity index (χ2n) is 4.36. The topological polar surface area (TPSA) is 72.2 Å². The Labute approximate surface area is 120 Å². The fourth-order valence-electron chi connectivity index (χ4n) is 1.73. The van der Waals surface area contributed by atoms with E-state index < -0.39 is 10.0 Å². The highest BCUT2D eigenvalue weighted by molar-refractivity contribution is 7.98. The number of thioether (sulfide) groups is 1. The Morgan fingerprint density at radius 1 is 1.32 bits per heavy atom. The lowest BCUT2D eigenvalue weighted by Gasteiger charge is -2.16. The summed E-state index contributed by atoms with van der Waals surface area (Å²) in [5, 5.41) is 0. The Morgan fingerprint density at radius 3 is 2.42 bits per heavy atom. The maximum Gasteiger partial charge on any atom is 0.240 e. The van der Waals surface area contributed by atoms with Crippen molar-refractivity contribution in [2.75, 3.05) is 18.6 Å². The summed E-state index contributed by atoms with van der Waals surface area (Å²) >= 11 is 1.64. The van der Waals surface area contributed by atoms with Crippen LogP contribution in [0.1, 0.15) is 18.9 Å². The van der Waals surface area contributed by atoms with E-state index in [0.29, 0.717) is 11.4 Å². The maximum atomic E-state index is 12.2. The molecule has 1 rings (SSSR count). The van der Waals surface area contributed by atoms with Crippen LogP contribution in [-0.4, -0.2) is 33.0 Å². The highest BCUT2D eigenvalue weighted by atomic mass is 32.2. The van der Waals surface area contributed by atoms with E-state index in [2.05, 4.69) is 4.72 Å². The van der Waals surface area contributed by atoms with Gasteiger partial charge in [-0.25, -0.2) is 13.1 Å². The van der Waals surface area contributed by atoms with Crippen molar-refractivity contribution in [3.8, 4) is 0 Å². The van der Waals surface area contributed by atoms with E-state index in [1.54, 1.807) is 23.9 Å². The van der Waals surface area contributed by atoms with E-state index in [4.69, 9.17) is 5.73 Å². The fraction of sp³-hybridized carbons (Fsp3) is 0.538. The molecule has 0 bridgehead atoms. The molecule has 0 aliphatic rings. The van der Waals surface area contributed by atoms with Gasteiger partial charge in [0.25, 0.3) is 0 Å². The molecule has 4 nitrogen and oxygen atoms in total. The number of hydrogen-bond donors (Lipinski definition) is 2. The van der Waals surface area contributed by atoms with Gasteiger partial charge in [-0.3, -0.25) is 0 Å². The first-order valence-electron chi connectivity index (χ1n) is 6.33. The van der Waals surface area contributed by atoms with Gasteiger partial charge in [0.15, 0.2) is 0 Å². The van der Waals surface area contributed by atoms with Gasteiger partial charge in [-0.15, -0.1) is 0 Å². The van der Waals surface area contributed by atoms with E-state index in [9.17, 15) is 8.42 Å². The molecule has 1 aromatic rings. The highest BCUT2D eigenvalue weighted by Gasteiger charge is 2.18. The third-order valence-corrected chi connectivity index (χ3v) is 5.12. The lowest BCUT2D eigenvalue weighted by atomic mass is 10.2. The largest absolute Gasteiger partial charge is 0.330 e.